The van der Waals surface area contributed by atoms with Gasteiger partial charge in [0.25, 0.3) is 0 Å². The number of ether oxygens (including phenoxy) is 1. The standard InChI is InChI=1S/C17H21N3O2/c1-22-14-8-12-6-7-13(9-14)20(12)17(21)10-19-11-18-15-4-2-3-5-16(15)19/h2-5,11-14H,6-10H2,1H3/t12-,13+,14?. The molecule has 1 unspecified atom stereocenters. The Labute approximate surface area is 129 Å². The first-order valence-electron chi connectivity index (χ1n) is 8.00. The van der Waals surface area contributed by atoms with Crippen molar-refractivity contribution in [2.45, 2.75) is 50.4 Å². The highest BCUT2D eigenvalue weighted by atomic mass is 16.5. The number of carbonyl (C=O) groups excluding carboxylic acids is 1. The molecule has 0 aliphatic carbocycles. The van der Waals surface area contributed by atoms with Gasteiger partial charge in [0.05, 0.1) is 23.5 Å². The van der Waals surface area contributed by atoms with E-state index in [2.05, 4.69) is 9.88 Å². The number of benzene rings is 1. The fourth-order valence-corrected chi connectivity index (χ4v) is 4.09. The van der Waals surface area contributed by atoms with Gasteiger partial charge in [0.15, 0.2) is 0 Å². The Morgan fingerprint density at radius 3 is 2.73 bits per heavy atom. The Bertz CT molecular complexity index is 682. The van der Waals surface area contributed by atoms with Gasteiger partial charge in [0, 0.05) is 19.2 Å². The molecule has 1 aromatic heterocycles. The molecule has 3 atom stereocenters. The molecule has 2 aliphatic heterocycles. The van der Waals surface area contributed by atoms with E-state index in [1.165, 1.54) is 0 Å². The summed E-state index contributed by atoms with van der Waals surface area (Å²) in [5.74, 6) is 0.213. The average Bonchev–Trinajstić information content (AvgIpc) is 3.06. The van der Waals surface area contributed by atoms with Gasteiger partial charge in [0.1, 0.15) is 6.54 Å². The van der Waals surface area contributed by atoms with E-state index >= 15 is 0 Å². The van der Waals surface area contributed by atoms with Crippen LogP contribution in [-0.2, 0) is 16.1 Å². The Kier molecular flexibility index (Phi) is 3.37. The average molecular weight is 299 g/mol. The van der Waals surface area contributed by atoms with Gasteiger partial charge < -0.3 is 14.2 Å². The Morgan fingerprint density at radius 2 is 2.00 bits per heavy atom. The number of para-hydroxylation sites is 2. The second-order valence-electron chi connectivity index (χ2n) is 6.38. The maximum atomic E-state index is 12.8. The summed E-state index contributed by atoms with van der Waals surface area (Å²) in [7, 11) is 1.78. The van der Waals surface area contributed by atoms with Crippen LogP contribution in [0.4, 0.5) is 0 Å². The monoisotopic (exact) mass is 299 g/mol. The van der Waals surface area contributed by atoms with Crippen LogP contribution < -0.4 is 0 Å². The molecule has 5 nitrogen and oxygen atoms in total. The van der Waals surface area contributed by atoms with Crippen molar-refractivity contribution in [3.63, 3.8) is 0 Å². The Balaban J connectivity index is 1.53. The Morgan fingerprint density at radius 1 is 1.27 bits per heavy atom. The van der Waals surface area contributed by atoms with E-state index in [1.54, 1.807) is 13.4 Å². The van der Waals surface area contributed by atoms with E-state index in [4.69, 9.17) is 4.74 Å². The second-order valence-corrected chi connectivity index (χ2v) is 6.38. The third kappa shape index (κ3) is 2.20. The van der Waals surface area contributed by atoms with Crippen molar-refractivity contribution in [1.82, 2.24) is 14.5 Å². The smallest absolute Gasteiger partial charge is 0.243 e. The number of amides is 1. The topological polar surface area (TPSA) is 47.4 Å². The van der Waals surface area contributed by atoms with Crippen LogP contribution in [0.15, 0.2) is 30.6 Å². The molecule has 22 heavy (non-hydrogen) atoms. The van der Waals surface area contributed by atoms with E-state index in [0.717, 1.165) is 36.7 Å². The lowest BCUT2D eigenvalue weighted by Crippen LogP contribution is -2.49. The van der Waals surface area contributed by atoms with E-state index in [1.807, 2.05) is 28.8 Å². The number of hydrogen-bond donors (Lipinski definition) is 0. The number of methoxy groups -OCH3 is 1. The van der Waals surface area contributed by atoms with Crippen LogP contribution in [-0.4, -0.2) is 45.7 Å². The highest BCUT2D eigenvalue weighted by molar-refractivity contribution is 5.81. The number of imidazole rings is 1. The minimum absolute atomic E-state index is 0.213. The van der Waals surface area contributed by atoms with Crippen molar-refractivity contribution < 1.29 is 9.53 Å². The van der Waals surface area contributed by atoms with E-state index < -0.39 is 0 Å². The van der Waals surface area contributed by atoms with Gasteiger partial charge in [-0.25, -0.2) is 4.98 Å². The maximum absolute atomic E-state index is 12.8. The SMILES string of the molecule is COC1C[C@H]2CC[C@@H](C1)N2C(=O)Cn1cnc2ccccc21. The first kappa shape index (κ1) is 13.8. The fourth-order valence-electron chi connectivity index (χ4n) is 4.09. The molecule has 0 saturated carbocycles. The summed E-state index contributed by atoms with van der Waals surface area (Å²) in [4.78, 5) is 19.3. The van der Waals surface area contributed by atoms with Gasteiger partial charge in [-0.1, -0.05) is 12.1 Å². The normalized spacial score (nSPS) is 27.5. The molecular formula is C17H21N3O2. The summed E-state index contributed by atoms with van der Waals surface area (Å²) in [6.07, 6.45) is 6.26. The molecule has 2 fully saturated rings. The van der Waals surface area contributed by atoms with Crippen molar-refractivity contribution in [3.05, 3.63) is 30.6 Å². The van der Waals surface area contributed by atoms with Crippen molar-refractivity contribution >= 4 is 16.9 Å². The summed E-state index contributed by atoms with van der Waals surface area (Å²) >= 11 is 0. The molecule has 0 spiro atoms. The maximum Gasteiger partial charge on any atom is 0.243 e. The van der Waals surface area contributed by atoms with Crippen LogP contribution in [0, 0.1) is 0 Å². The first-order chi connectivity index (χ1) is 10.8. The molecule has 4 rings (SSSR count). The Hall–Kier alpha value is -1.88. The summed E-state index contributed by atoms with van der Waals surface area (Å²) in [6.45, 7) is 0.380. The minimum Gasteiger partial charge on any atom is -0.381 e. The molecule has 0 N–H and O–H groups in total. The van der Waals surface area contributed by atoms with Crippen molar-refractivity contribution in [1.29, 1.82) is 0 Å². The fraction of sp³-hybridized carbons (Fsp3) is 0.529. The molecule has 2 aromatic rings. The highest BCUT2D eigenvalue weighted by Gasteiger charge is 2.43. The summed E-state index contributed by atoms with van der Waals surface area (Å²) in [5.41, 5.74) is 1.96. The number of piperidine rings is 1. The second kappa shape index (κ2) is 5.39. The lowest BCUT2D eigenvalue weighted by molar-refractivity contribution is -0.138. The molecule has 2 saturated heterocycles. The van der Waals surface area contributed by atoms with E-state index in [-0.39, 0.29) is 5.91 Å². The number of hydrogen-bond acceptors (Lipinski definition) is 3. The predicted molar refractivity (Wildman–Crippen MR) is 83.4 cm³/mol. The van der Waals surface area contributed by atoms with Crippen LogP contribution in [0.1, 0.15) is 25.7 Å². The summed E-state index contributed by atoms with van der Waals surface area (Å²) in [6, 6.07) is 8.65. The van der Waals surface area contributed by atoms with Gasteiger partial charge >= 0.3 is 0 Å². The van der Waals surface area contributed by atoms with Crippen LogP contribution in [0.5, 0.6) is 0 Å². The number of nitrogens with zero attached hydrogens (tertiary/aromatic N) is 3. The lowest BCUT2D eigenvalue weighted by atomic mass is 9.99. The van der Waals surface area contributed by atoms with Gasteiger partial charge in [-0.05, 0) is 37.8 Å². The lowest BCUT2D eigenvalue weighted by Gasteiger charge is -2.38. The van der Waals surface area contributed by atoms with Crippen molar-refractivity contribution in [2.75, 3.05) is 7.11 Å². The van der Waals surface area contributed by atoms with Crippen LogP contribution in [0.25, 0.3) is 11.0 Å². The first-order valence-corrected chi connectivity index (χ1v) is 8.00. The largest absolute Gasteiger partial charge is 0.381 e. The van der Waals surface area contributed by atoms with E-state index in [0.29, 0.717) is 24.7 Å². The van der Waals surface area contributed by atoms with Crippen molar-refractivity contribution in [2.24, 2.45) is 0 Å². The minimum atomic E-state index is 0.213. The van der Waals surface area contributed by atoms with Crippen LogP contribution in [0.2, 0.25) is 0 Å². The molecular weight excluding hydrogens is 278 g/mol. The molecule has 5 heteroatoms. The van der Waals surface area contributed by atoms with E-state index in [9.17, 15) is 4.79 Å². The van der Waals surface area contributed by atoms with Crippen molar-refractivity contribution in [3.8, 4) is 0 Å². The highest BCUT2D eigenvalue weighted by Crippen LogP contribution is 2.37. The van der Waals surface area contributed by atoms with Crippen LogP contribution in [0.3, 0.4) is 0 Å². The zero-order valence-electron chi connectivity index (χ0n) is 12.8. The quantitative estimate of drug-likeness (QED) is 0.873. The van der Waals surface area contributed by atoms with Gasteiger partial charge in [0.2, 0.25) is 5.91 Å². The summed E-state index contributed by atoms with van der Waals surface area (Å²) < 4.78 is 7.47. The molecule has 0 radical (unpaired) electrons. The predicted octanol–water partition coefficient (Wildman–Crippen LogP) is 2.20. The molecule has 1 aromatic carbocycles. The van der Waals surface area contributed by atoms with Gasteiger partial charge in [-0.15, -0.1) is 0 Å². The van der Waals surface area contributed by atoms with Gasteiger partial charge in [-0.2, -0.15) is 0 Å². The third-order valence-electron chi connectivity index (χ3n) is 5.14. The summed E-state index contributed by atoms with van der Waals surface area (Å²) in [5, 5.41) is 0. The third-order valence-corrected chi connectivity index (χ3v) is 5.14. The number of fused-ring (bicyclic) bond motifs is 3. The zero-order chi connectivity index (χ0) is 15.1. The molecule has 1 amide bonds. The molecule has 2 bridgehead atoms. The molecule has 116 valence electrons. The molecule has 3 heterocycles. The number of aromatic nitrogens is 2. The molecule has 2 aliphatic rings. The number of carbonyl (C=O) groups is 1. The van der Waals surface area contributed by atoms with Gasteiger partial charge in [-0.3, -0.25) is 4.79 Å². The van der Waals surface area contributed by atoms with Crippen LogP contribution >= 0.6 is 0 Å². The zero-order valence-corrected chi connectivity index (χ0v) is 12.8. The number of rotatable bonds is 3.